The summed E-state index contributed by atoms with van der Waals surface area (Å²) in [5, 5.41) is 37.9. The minimum atomic E-state index is -1.09. The lowest BCUT2D eigenvalue weighted by Crippen LogP contribution is -2.38. The maximum absolute atomic E-state index is 11.9. The van der Waals surface area contributed by atoms with Crippen molar-refractivity contribution in [2.24, 2.45) is 5.92 Å². The number of amides is 2. The zero-order chi connectivity index (χ0) is 14.4. The van der Waals surface area contributed by atoms with Crippen LogP contribution < -0.4 is 5.32 Å². The Bertz CT molecular complexity index is 569. The summed E-state index contributed by atoms with van der Waals surface area (Å²) in [6.07, 6.45) is -1.78. The Morgan fingerprint density at radius 1 is 1.25 bits per heavy atom. The molecule has 20 heavy (non-hydrogen) atoms. The van der Waals surface area contributed by atoms with Gasteiger partial charge in [-0.2, -0.15) is 5.10 Å². The molecule has 2 amide bonds. The quantitative estimate of drug-likeness (QED) is 0.399. The third-order valence-electron chi connectivity index (χ3n) is 4.07. The molecule has 0 aromatic carbocycles. The van der Waals surface area contributed by atoms with Crippen LogP contribution in [0.25, 0.3) is 0 Å². The number of nitrogens with one attached hydrogen (secondary N) is 2. The van der Waals surface area contributed by atoms with Crippen molar-refractivity contribution in [1.29, 1.82) is 0 Å². The molecule has 1 aromatic rings. The molecule has 2 aliphatic rings. The van der Waals surface area contributed by atoms with Crippen molar-refractivity contribution in [3.05, 3.63) is 17.0 Å². The summed E-state index contributed by atoms with van der Waals surface area (Å²) in [6.45, 7) is -0.244. The Morgan fingerprint density at radius 2 is 2.00 bits per heavy atom. The zero-order valence-corrected chi connectivity index (χ0v) is 10.5. The predicted molar refractivity (Wildman–Crippen MR) is 64.7 cm³/mol. The van der Waals surface area contributed by atoms with E-state index in [1.54, 1.807) is 0 Å². The molecule has 5 N–H and O–H groups in total. The monoisotopic (exact) mass is 281 g/mol. The molecule has 108 valence electrons. The van der Waals surface area contributed by atoms with Gasteiger partial charge in [-0.05, 0) is 6.42 Å². The second kappa shape index (κ2) is 4.65. The van der Waals surface area contributed by atoms with Gasteiger partial charge in [-0.25, -0.2) is 0 Å². The summed E-state index contributed by atoms with van der Waals surface area (Å²) < 4.78 is 0. The van der Waals surface area contributed by atoms with Crippen molar-refractivity contribution in [2.75, 3.05) is 6.61 Å². The lowest BCUT2D eigenvalue weighted by Gasteiger charge is -2.17. The number of aliphatic hydroxyl groups is 3. The molecule has 1 fully saturated rings. The number of H-pyrrole nitrogens is 1. The van der Waals surface area contributed by atoms with Gasteiger partial charge in [0.25, 0.3) is 5.91 Å². The van der Waals surface area contributed by atoms with Gasteiger partial charge in [-0.15, -0.1) is 0 Å². The van der Waals surface area contributed by atoms with Crippen LogP contribution in [0, 0.1) is 5.92 Å². The second-order valence-corrected chi connectivity index (χ2v) is 5.28. The van der Waals surface area contributed by atoms with Crippen LogP contribution in [0.2, 0.25) is 0 Å². The molecule has 3 rings (SSSR count). The normalized spacial score (nSPS) is 33.1. The van der Waals surface area contributed by atoms with Crippen LogP contribution in [0.15, 0.2) is 0 Å². The minimum Gasteiger partial charge on any atom is -0.396 e. The standard InChI is InChI=1S/C12H15N3O5/c16-3-4-1-5(11(19)10(4)18)9-8-6(14-15-9)2-7(17)13-12(8)20/h4-5,10-11,16,18-19H,1-3H2,(H,14,15)(H,13,17,20)/t4-,5+,10-,11+/m1/s1. The van der Waals surface area contributed by atoms with E-state index in [9.17, 15) is 24.9 Å². The third kappa shape index (κ3) is 1.84. The Morgan fingerprint density at radius 3 is 2.65 bits per heavy atom. The van der Waals surface area contributed by atoms with Gasteiger partial charge in [0, 0.05) is 18.4 Å². The SMILES string of the molecule is O=C1Cc2[nH]nc([C@@H]3C[C@H](CO)[C@@H](O)[C@H]3O)c2C(=O)N1. The fourth-order valence-corrected chi connectivity index (χ4v) is 3.02. The van der Waals surface area contributed by atoms with Crippen LogP contribution in [0.1, 0.15) is 34.1 Å². The van der Waals surface area contributed by atoms with E-state index in [4.69, 9.17) is 0 Å². The van der Waals surface area contributed by atoms with E-state index < -0.39 is 35.9 Å². The molecular formula is C12H15N3O5. The van der Waals surface area contributed by atoms with Crippen LogP contribution >= 0.6 is 0 Å². The smallest absolute Gasteiger partial charge is 0.261 e. The van der Waals surface area contributed by atoms with E-state index in [0.717, 1.165) is 0 Å². The molecule has 1 aromatic heterocycles. The van der Waals surface area contributed by atoms with Gasteiger partial charge >= 0.3 is 0 Å². The third-order valence-corrected chi connectivity index (χ3v) is 4.07. The molecule has 8 nitrogen and oxygen atoms in total. The summed E-state index contributed by atoms with van der Waals surface area (Å²) in [6, 6.07) is 0. The van der Waals surface area contributed by atoms with Crippen molar-refractivity contribution in [2.45, 2.75) is 31.0 Å². The van der Waals surface area contributed by atoms with E-state index in [2.05, 4.69) is 15.5 Å². The van der Waals surface area contributed by atoms with Crippen molar-refractivity contribution >= 4 is 11.8 Å². The summed E-state index contributed by atoms with van der Waals surface area (Å²) in [4.78, 5) is 23.2. The van der Waals surface area contributed by atoms with Crippen molar-refractivity contribution in [1.82, 2.24) is 15.5 Å². The van der Waals surface area contributed by atoms with E-state index in [-0.39, 0.29) is 18.6 Å². The first-order valence-corrected chi connectivity index (χ1v) is 6.41. The molecule has 0 bridgehead atoms. The maximum Gasteiger partial charge on any atom is 0.261 e. The van der Waals surface area contributed by atoms with E-state index in [1.165, 1.54) is 0 Å². The number of nitrogens with zero attached hydrogens (tertiary/aromatic N) is 1. The first-order valence-electron chi connectivity index (χ1n) is 6.41. The minimum absolute atomic E-state index is 0.0306. The molecule has 2 heterocycles. The highest BCUT2D eigenvalue weighted by molar-refractivity contribution is 6.10. The average Bonchev–Trinajstić information content (AvgIpc) is 2.93. The van der Waals surface area contributed by atoms with Crippen LogP contribution in [0.3, 0.4) is 0 Å². The number of imide groups is 1. The zero-order valence-electron chi connectivity index (χ0n) is 10.5. The number of fused-ring (bicyclic) bond motifs is 1. The van der Waals surface area contributed by atoms with Gasteiger partial charge in [0.1, 0.15) is 0 Å². The van der Waals surface area contributed by atoms with Gasteiger partial charge < -0.3 is 15.3 Å². The van der Waals surface area contributed by atoms with Gasteiger partial charge in [-0.3, -0.25) is 20.0 Å². The molecule has 8 heteroatoms. The van der Waals surface area contributed by atoms with Crippen LogP contribution in [-0.2, 0) is 11.2 Å². The fourth-order valence-electron chi connectivity index (χ4n) is 3.02. The Balaban J connectivity index is 1.97. The molecule has 1 aliphatic carbocycles. The number of carbonyl (C=O) groups is 2. The molecule has 0 spiro atoms. The van der Waals surface area contributed by atoms with Crippen LogP contribution in [-0.4, -0.2) is 56.1 Å². The number of rotatable bonds is 2. The lowest BCUT2D eigenvalue weighted by molar-refractivity contribution is -0.119. The molecule has 0 unspecified atom stereocenters. The molecule has 1 aliphatic heterocycles. The summed E-state index contributed by atoms with van der Waals surface area (Å²) in [5.74, 6) is -1.94. The Kier molecular flexibility index (Phi) is 3.08. The highest BCUT2D eigenvalue weighted by Gasteiger charge is 2.45. The van der Waals surface area contributed by atoms with Gasteiger partial charge in [0.05, 0.1) is 35.6 Å². The summed E-state index contributed by atoms with van der Waals surface area (Å²) in [7, 11) is 0. The topological polar surface area (TPSA) is 136 Å². The van der Waals surface area contributed by atoms with Crippen molar-refractivity contribution < 1.29 is 24.9 Å². The summed E-state index contributed by atoms with van der Waals surface area (Å²) in [5.41, 5.74) is 1.02. The summed E-state index contributed by atoms with van der Waals surface area (Å²) >= 11 is 0. The van der Waals surface area contributed by atoms with Crippen molar-refractivity contribution in [3.8, 4) is 0 Å². The number of aromatic nitrogens is 2. The highest BCUT2D eigenvalue weighted by Crippen LogP contribution is 2.40. The fraction of sp³-hybridized carbons (Fsp3) is 0.583. The highest BCUT2D eigenvalue weighted by atomic mass is 16.3. The van der Waals surface area contributed by atoms with E-state index in [1.807, 2.05) is 0 Å². The van der Waals surface area contributed by atoms with E-state index in [0.29, 0.717) is 17.8 Å². The average molecular weight is 281 g/mol. The van der Waals surface area contributed by atoms with Crippen molar-refractivity contribution in [3.63, 3.8) is 0 Å². The molecule has 0 radical (unpaired) electrons. The Hall–Kier alpha value is -1.77. The maximum atomic E-state index is 11.9. The van der Waals surface area contributed by atoms with Gasteiger partial charge in [0.2, 0.25) is 5.91 Å². The number of aromatic amines is 1. The number of hydrogen-bond acceptors (Lipinski definition) is 6. The largest absolute Gasteiger partial charge is 0.396 e. The second-order valence-electron chi connectivity index (χ2n) is 5.28. The first kappa shape index (κ1) is 13.2. The van der Waals surface area contributed by atoms with Crippen LogP contribution in [0.5, 0.6) is 0 Å². The molecule has 1 saturated carbocycles. The molecule has 0 saturated heterocycles. The van der Waals surface area contributed by atoms with E-state index >= 15 is 0 Å². The predicted octanol–water partition coefficient (Wildman–Crippen LogP) is -1.96. The van der Waals surface area contributed by atoms with Gasteiger partial charge in [-0.1, -0.05) is 0 Å². The van der Waals surface area contributed by atoms with Gasteiger partial charge in [0.15, 0.2) is 0 Å². The first-order chi connectivity index (χ1) is 9.52. The Labute approximate surface area is 113 Å². The number of aliphatic hydroxyl groups excluding tert-OH is 3. The van der Waals surface area contributed by atoms with Crippen LogP contribution in [0.4, 0.5) is 0 Å². The number of carbonyl (C=O) groups excluding carboxylic acids is 2. The number of hydrogen-bond donors (Lipinski definition) is 5. The lowest BCUT2D eigenvalue weighted by atomic mass is 9.94. The molecule has 4 atom stereocenters. The molecular weight excluding hydrogens is 266 g/mol.